The molecule has 25 heavy (non-hydrogen) atoms. The maximum Gasteiger partial charge on any atom is 0.303 e. The van der Waals surface area contributed by atoms with E-state index in [1.54, 1.807) is 0 Å². The standard InChI is InChI=1S/C20H31NO4/c1-14(8-11-19(21)22)16(3)25-13-17-9-10-18(15(2)12-17)6-4-5-7-20(23)24/h9-10,12,14,16H,4-8,11,13H2,1-3H3,(H2,21,22)(H,23,24)/t14-,16+/m0/s1. The SMILES string of the molecule is Cc1cc(CO[C@H](C)[C@@H](C)CCC(N)=O)ccc1CCCCC(=O)O. The Kier molecular flexibility index (Phi) is 9.21. The fourth-order valence-corrected chi connectivity index (χ4v) is 2.72. The molecule has 0 heterocycles. The number of amides is 1. The van der Waals surface area contributed by atoms with E-state index in [4.69, 9.17) is 15.6 Å². The van der Waals surface area contributed by atoms with Gasteiger partial charge in [0, 0.05) is 12.8 Å². The molecule has 1 rings (SSSR count). The molecule has 0 aromatic heterocycles. The summed E-state index contributed by atoms with van der Waals surface area (Å²) in [5, 5.41) is 8.67. The van der Waals surface area contributed by atoms with Gasteiger partial charge in [-0.1, -0.05) is 25.1 Å². The molecule has 1 aromatic rings. The highest BCUT2D eigenvalue weighted by molar-refractivity contribution is 5.73. The first kappa shape index (κ1) is 21.2. The second-order valence-electron chi connectivity index (χ2n) is 6.86. The molecule has 0 spiro atoms. The van der Waals surface area contributed by atoms with Crippen molar-refractivity contribution in [1.29, 1.82) is 0 Å². The summed E-state index contributed by atoms with van der Waals surface area (Å²) in [6, 6.07) is 6.31. The van der Waals surface area contributed by atoms with Gasteiger partial charge < -0.3 is 15.6 Å². The first-order valence-electron chi connectivity index (χ1n) is 8.99. The number of benzene rings is 1. The molecule has 0 saturated carbocycles. The molecule has 0 radical (unpaired) electrons. The van der Waals surface area contributed by atoms with E-state index in [1.807, 2.05) is 6.92 Å². The number of rotatable bonds is 12. The van der Waals surface area contributed by atoms with Gasteiger partial charge in [-0.15, -0.1) is 0 Å². The van der Waals surface area contributed by atoms with Crippen molar-refractivity contribution >= 4 is 11.9 Å². The van der Waals surface area contributed by atoms with Gasteiger partial charge in [-0.05, 0) is 62.1 Å². The lowest BCUT2D eigenvalue weighted by Crippen LogP contribution is -2.20. The van der Waals surface area contributed by atoms with Crippen LogP contribution in [0.4, 0.5) is 0 Å². The van der Waals surface area contributed by atoms with E-state index in [0.29, 0.717) is 19.4 Å². The molecule has 0 fully saturated rings. The van der Waals surface area contributed by atoms with Crippen LogP contribution in [0.5, 0.6) is 0 Å². The number of hydrogen-bond donors (Lipinski definition) is 2. The minimum Gasteiger partial charge on any atom is -0.481 e. The normalized spacial score (nSPS) is 13.4. The van der Waals surface area contributed by atoms with Crippen molar-refractivity contribution in [3.05, 3.63) is 34.9 Å². The maximum absolute atomic E-state index is 10.9. The second-order valence-corrected chi connectivity index (χ2v) is 6.86. The van der Waals surface area contributed by atoms with Crippen LogP contribution >= 0.6 is 0 Å². The molecule has 0 aliphatic rings. The summed E-state index contributed by atoms with van der Waals surface area (Å²) < 4.78 is 5.92. The Morgan fingerprint density at radius 1 is 1.20 bits per heavy atom. The Morgan fingerprint density at radius 2 is 1.92 bits per heavy atom. The van der Waals surface area contributed by atoms with Crippen LogP contribution in [0.2, 0.25) is 0 Å². The Labute approximate surface area is 150 Å². The third-order valence-electron chi connectivity index (χ3n) is 4.65. The minimum atomic E-state index is -0.733. The summed E-state index contributed by atoms with van der Waals surface area (Å²) in [6.45, 7) is 6.71. The van der Waals surface area contributed by atoms with E-state index in [9.17, 15) is 9.59 Å². The Bertz CT molecular complexity index is 571. The predicted molar refractivity (Wildman–Crippen MR) is 98.2 cm³/mol. The molecule has 3 N–H and O–H groups in total. The van der Waals surface area contributed by atoms with Crippen molar-refractivity contribution in [2.45, 2.75) is 72.0 Å². The molecule has 0 unspecified atom stereocenters. The fraction of sp³-hybridized carbons (Fsp3) is 0.600. The van der Waals surface area contributed by atoms with Gasteiger partial charge in [0.15, 0.2) is 0 Å². The molecule has 1 aromatic carbocycles. The highest BCUT2D eigenvalue weighted by Crippen LogP contribution is 2.18. The molecule has 5 nitrogen and oxygen atoms in total. The second kappa shape index (κ2) is 10.9. The van der Waals surface area contributed by atoms with Crippen LogP contribution in [0.25, 0.3) is 0 Å². The predicted octanol–water partition coefficient (Wildman–Crippen LogP) is 3.60. The van der Waals surface area contributed by atoms with Crippen molar-refractivity contribution in [3.8, 4) is 0 Å². The highest BCUT2D eigenvalue weighted by Gasteiger charge is 2.14. The number of carboxylic acids is 1. The fourth-order valence-electron chi connectivity index (χ4n) is 2.72. The molecular weight excluding hydrogens is 318 g/mol. The number of primary amides is 1. The summed E-state index contributed by atoms with van der Waals surface area (Å²) >= 11 is 0. The van der Waals surface area contributed by atoms with Crippen molar-refractivity contribution in [1.82, 2.24) is 0 Å². The minimum absolute atomic E-state index is 0.0651. The zero-order valence-electron chi connectivity index (χ0n) is 15.6. The zero-order chi connectivity index (χ0) is 18.8. The van der Waals surface area contributed by atoms with Crippen LogP contribution in [0.3, 0.4) is 0 Å². The Balaban J connectivity index is 2.43. The molecular formula is C20H31NO4. The van der Waals surface area contributed by atoms with E-state index >= 15 is 0 Å². The van der Waals surface area contributed by atoms with Crippen LogP contribution < -0.4 is 5.73 Å². The third-order valence-corrected chi connectivity index (χ3v) is 4.65. The van der Waals surface area contributed by atoms with Gasteiger partial charge in [0.25, 0.3) is 0 Å². The number of aryl methyl sites for hydroxylation is 2. The highest BCUT2D eigenvalue weighted by atomic mass is 16.5. The molecule has 0 aliphatic carbocycles. The van der Waals surface area contributed by atoms with Gasteiger partial charge in [-0.25, -0.2) is 0 Å². The van der Waals surface area contributed by atoms with Crippen molar-refractivity contribution < 1.29 is 19.4 Å². The summed E-state index contributed by atoms with van der Waals surface area (Å²) in [4.78, 5) is 21.4. The lowest BCUT2D eigenvalue weighted by atomic mass is 9.99. The number of aliphatic carboxylic acids is 1. The van der Waals surface area contributed by atoms with Gasteiger partial charge in [-0.3, -0.25) is 9.59 Å². The molecule has 0 aliphatic heterocycles. The van der Waals surface area contributed by atoms with Crippen LogP contribution in [0, 0.1) is 12.8 Å². The topological polar surface area (TPSA) is 89.6 Å². The van der Waals surface area contributed by atoms with E-state index in [2.05, 4.69) is 32.0 Å². The number of nitrogens with two attached hydrogens (primary N) is 1. The van der Waals surface area contributed by atoms with Gasteiger partial charge in [0.05, 0.1) is 12.7 Å². The molecule has 0 saturated heterocycles. The number of carboxylic acid groups (broad SMARTS) is 1. The smallest absolute Gasteiger partial charge is 0.303 e. The third kappa shape index (κ3) is 8.68. The van der Waals surface area contributed by atoms with Crippen molar-refractivity contribution in [2.75, 3.05) is 0 Å². The summed E-state index contributed by atoms with van der Waals surface area (Å²) in [5.74, 6) is -0.723. The quantitative estimate of drug-likeness (QED) is 0.564. The number of carbonyl (C=O) groups excluding carboxylic acids is 1. The van der Waals surface area contributed by atoms with Gasteiger partial charge in [0.1, 0.15) is 0 Å². The number of carbonyl (C=O) groups is 2. The molecule has 1 amide bonds. The van der Waals surface area contributed by atoms with E-state index < -0.39 is 5.97 Å². The van der Waals surface area contributed by atoms with E-state index in [0.717, 1.165) is 24.8 Å². The van der Waals surface area contributed by atoms with Gasteiger partial charge >= 0.3 is 5.97 Å². The summed E-state index contributed by atoms with van der Waals surface area (Å²) in [5.41, 5.74) is 8.79. The van der Waals surface area contributed by atoms with Crippen LogP contribution in [0.1, 0.15) is 62.6 Å². The number of unbranched alkanes of at least 4 members (excludes halogenated alkanes) is 1. The van der Waals surface area contributed by atoms with Crippen molar-refractivity contribution in [3.63, 3.8) is 0 Å². The first-order chi connectivity index (χ1) is 11.8. The first-order valence-corrected chi connectivity index (χ1v) is 8.99. The zero-order valence-corrected chi connectivity index (χ0v) is 15.6. The molecule has 2 atom stereocenters. The average molecular weight is 349 g/mol. The Hall–Kier alpha value is -1.88. The van der Waals surface area contributed by atoms with E-state index in [-0.39, 0.29) is 24.3 Å². The monoisotopic (exact) mass is 349 g/mol. The molecule has 140 valence electrons. The number of ether oxygens (including phenoxy) is 1. The molecule has 0 bridgehead atoms. The summed E-state index contributed by atoms with van der Waals surface area (Å²) in [6.07, 6.45) is 3.93. The largest absolute Gasteiger partial charge is 0.481 e. The summed E-state index contributed by atoms with van der Waals surface area (Å²) in [7, 11) is 0. The average Bonchev–Trinajstić information content (AvgIpc) is 2.55. The number of hydrogen-bond acceptors (Lipinski definition) is 3. The van der Waals surface area contributed by atoms with Crippen LogP contribution in [-0.2, 0) is 27.4 Å². The van der Waals surface area contributed by atoms with E-state index in [1.165, 1.54) is 11.1 Å². The van der Waals surface area contributed by atoms with Gasteiger partial charge in [0.2, 0.25) is 5.91 Å². The Morgan fingerprint density at radius 3 is 2.52 bits per heavy atom. The lowest BCUT2D eigenvalue weighted by Gasteiger charge is -2.20. The molecule has 5 heteroatoms. The lowest BCUT2D eigenvalue weighted by molar-refractivity contribution is -0.137. The van der Waals surface area contributed by atoms with Crippen LogP contribution in [0.15, 0.2) is 18.2 Å². The van der Waals surface area contributed by atoms with Crippen molar-refractivity contribution in [2.24, 2.45) is 11.7 Å². The maximum atomic E-state index is 10.9. The van der Waals surface area contributed by atoms with Gasteiger partial charge in [-0.2, -0.15) is 0 Å². The van der Waals surface area contributed by atoms with Crippen LogP contribution in [-0.4, -0.2) is 23.1 Å².